The SMILES string of the molecule is COC(=O)N1CCN(C(=O)C2CN(c3ccc(=O)n(C)n3)C[C@H]2c2ccc(Cl)cn2)CCC[C@H]1c1ccc(Cl)cc1. The highest BCUT2D eigenvalue weighted by Crippen LogP contribution is 2.36. The fourth-order valence-corrected chi connectivity index (χ4v) is 5.99. The van der Waals surface area contributed by atoms with Crippen LogP contribution >= 0.6 is 23.2 Å². The number of pyridine rings is 1. The average Bonchev–Trinajstić information content (AvgIpc) is 3.40. The molecule has 1 aromatic carbocycles. The van der Waals surface area contributed by atoms with Crippen LogP contribution in [0.15, 0.2) is 59.5 Å². The maximum Gasteiger partial charge on any atom is 0.410 e. The number of hydrogen-bond acceptors (Lipinski definition) is 7. The molecule has 216 valence electrons. The molecule has 2 fully saturated rings. The highest BCUT2D eigenvalue weighted by Gasteiger charge is 2.42. The molecule has 5 rings (SSSR count). The minimum absolute atomic E-state index is 0.00571. The van der Waals surface area contributed by atoms with E-state index in [2.05, 4.69) is 10.1 Å². The van der Waals surface area contributed by atoms with Gasteiger partial charge in [0.2, 0.25) is 5.91 Å². The van der Waals surface area contributed by atoms with Gasteiger partial charge < -0.3 is 14.5 Å². The van der Waals surface area contributed by atoms with Crippen molar-refractivity contribution in [3.63, 3.8) is 0 Å². The second kappa shape index (κ2) is 12.5. The zero-order valence-electron chi connectivity index (χ0n) is 23.0. The summed E-state index contributed by atoms with van der Waals surface area (Å²) in [6.07, 6.45) is 2.53. The van der Waals surface area contributed by atoms with Crippen LogP contribution in [0, 0.1) is 5.92 Å². The van der Waals surface area contributed by atoms with Crippen LogP contribution in [0.25, 0.3) is 0 Å². The number of amides is 2. The Bertz CT molecular complexity index is 1450. The lowest BCUT2D eigenvalue weighted by Gasteiger charge is -2.37. The molecule has 0 bridgehead atoms. The van der Waals surface area contributed by atoms with Crippen LogP contribution in [0.2, 0.25) is 10.0 Å². The third kappa shape index (κ3) is 6.33. The van der Waals surface area contributed by atoms with Crippen molar-refractivity contribution < 1.29 is 14.3 Å². The second-order valence-corrected chi connectivity index (χ2v) is 11.2. The van der Waals surface area contributed by atoms with E-state index in [9.17, 15) is 14.4 Å². The number of aryl methyl sites for hydroxylation is 1. The summed E-state index contributed by atoms with van der Waals surface area (Å²) >= 11 is 12.2. The largest absolute Gasteiger partial charge is 0.453 e. The van der Waals surface area contributed by atoms with E-state index in [1.54, 1.807) is 30.3 Å². The Labute approximate surface area is 248 Å². The van der Waals surface area contributed by atoms with E-state index in [1.807, 2.05) is 40.1 Å². The fraction of sp³-hybridized carbons (Fsp3) is 0.414. The van der Waals surface area contributed by atoms with Crippen molar-refractivity contribution in [3.05, 3.63) is 86.4 Å². The molecule has 2 saturated heterocycles. The van der Waals surface area contributed by atoms with Crippen molar-refractivity contribution in [2.75, 3.05) is 44.7 Å². The van der Waals surface area contributed by atoms with Gasteiger partial charge in [-0.2, -0.15) is 5.10 Å². The van der Waals surface area contributed by atoms with Crippen molar-refractivity contribution in [2.45, 2.75) is 24.8 Å². The average molecular weight is 600 g/mol. The molecule has 2 aliphatic rings. The number of ether oxygens (including phenoxy) is 1. The van der Waals surface area contributed by atoms with Crippen LogP contribution in [-0.4, -0.2) is 76.4 Å². The van der Waals surface area contributed by atoms with Gasteiger partial charge in [-0.25, -0.2) is 9.48 Å². The molecule has 0 saturated carbocycles. The maximum atomic E-state index is 14.2. The number of nitrogens with zero attached hydrogens (tertiary/aromatic N) is 6. The molecule has 2 amide bonds. The highest BCUT2D eigenvalue weighted by molar-refractivity contribution is 6.30. The van der Waals surface area contributed by atoms with Gasteiger partial charge in [-0.1, -0.05) is 35.3 Å². The van der Waals surface area contributed by atoms with E-state index >= 15 is 0 Å². The molecule has 4 heterocycles. The van der Waals surface area contributed by atoms with Crippen molar-refractivity contribution in [3.8, 4) is 0 Å². The van der Waals surface area contributed by atoms with E-state index in [1.165, 1.54) is 17.9 Å². The zero-order valence-corrected chi connectivity index (χ0v) is 24.5. The van der Waals surface area contributed by atoms with Crippen molar-refractivity contribution >= 4 is 41.0 Å². The Morgan fingerprint density at radius 1 is 0.951 bits per heavy atom. The van der Waals surface area contributed by atoms with E-state index in [0.29, 0.717) is 61.4 Å². The Morgan fingerprint density at radius 3 is 2.39 bits per heavy atom. The number of methoxy groups -OCH3 is 1. The molecule has 0 radical (unpaired) electrons. The van der Waals surface area contributed by atoms with E-state index < -0.39 is 12.0 Å². The van der Waals surface area contributed by atoms with Crippen molar-refractivity contribution in [1.82, 2.24) is 24.6 Å². The summed E-state index contributed by atoms with van der Waals surface area (Å²) in [7, 11) is 2.97. The van der Waals surface area contributed by atoms with E-state index in [4.69, 9.17) is 27.9 Å². The zero-order chi connectivity index (χ0) is 29.1. The molecule has 10 nitrogen and oxygen atoms in total. The number of carbonyl (C=O) groups is 2. The van der Waals surface area contributed by atoms with Gasteiger partial charge >= 0.3 is 6.09 Å². The van der Waals surface area contributed by atoms with Crippen LogP contribution in [0.4, 0.5) is 10.6 Å². The molecule has 12 heteroatoms. The molecular formula is C29H32Cl2N6O4. The molecular weight excluding hydrogens is 567 g/mol. The lowest BCUT2D eigenvalue weighted by atomic mass is 9.90. The summed E-state index contributed by atoms with van der Waals surface area (Å²) in [6, 6.07) is 14.1. The molecule has 2 aliphatic heterocycles. The molecule has 3 atom stereocenters. The summed E-state index contributed by atoms with van der Waals surface area (Å²) in [4.78, 5) is 49.0. The molecule has 0 spiro atoms. The van der Waals surface area contributed by atoms with Gasteiger partial charge in [0.15, 0.2) is 0 Å². The van der Waals surface area contributed by atoms with Gasteiger partial charge in [-0.15, -0.1) is 0 Å². The summed E-state index contributed by atoms with van der Waals surface area (Å²) < 4.78 is 6.41. The van der Waals surface area contributed by atoms with Crippen LogP contribution in [-0.2, 0) is 16.6 Å². The minimum Gasteiger partial charge on any atom is -0.453 e. The first-order valence-electron chi connectivity index (χ1n) is 13.5. The molecule has 2 aromatic heterocycles. The monoisotopic (exact) mass is 598 g/mol. The molecule has 41 heavy (non-hydrogen) atoms. The second-order valence-electron chi connectivity index (χ2n) is 10.4. The summed E-state index contributed by atoms with van der Waals surface area (Å²) in [5.41, 5.74) is 1.54. The van der Waals surface area contributed by atoms with Gasteiger partial charge in [0, 0.05) is 68.7 Å². The quantitative estimate of drug-likeness (QED) is 0.445. The van der Waals surface area contributed by atoms with Gasteiger partial charge in [-0.05, 0) is 48.7 Å². The number of carbonyl (C=O) groups excluding carboxylic acids is 2. The maximum absolute atomic E-state index is 14.2. The van der Waals surface area contributed by atoms with Gasteiger partial charge in [0.1, 0.15) is 5.82 Å². The first-order chi connectivity index (χ1) is 19.7. The van der Waals surface area contributed by atoms with Crippen molar-refractivity contribution in [1.29, 1.82) is 0 Å². The summed E-state index contributed by atoms with van der Waals surface area (Å²) in [6.45, 7) is 2.19. The standard InChI is InChI=1S/C29H32Cl2N6O4/c1-34-27(38)12-11-26(33-34)36-17-22(24-10-9-21(31)16-32-24)23(18-36)28(39)35-13-3-4-25(19-5-7-20(30)8-6-19)37(15-14-35)29(40)41-2/h5-12,16,22-23,25H,3-4,13-15,17-18H2,1-2H3/t22-,23?,25+/m1/s1. The van der Waals surface area contributed by atoms with E-state index in [0.717, 1.165) is 11.3 Å². The van der Waals surface area contributed by atoms with Crippen LogP contribution in [0.5, 0.6) is 0 Å². The molecule has 0 N–H and O–H groups in total. The lowest BCUT2D eigenvalue weighted by Crippen LogP contribution is -2.47. The Hall–Kier alpha value is -3.63. The Kier molecular flexibility index (Phi) is 8.79. The predicted molar refractivity (Wildman–Crippen MR) is 156 cm³/mol. The smallest absolute Gasteiger partial charge is 0.410 e. The number of aromatic nitrogens is 3. The topological polar surface area (TPSA) is 101 Å². The molecule has 1 unspecified atom stereocenters. The first-order valence-corrected chi connectivity index (χ1v) is 14.3. The van der Waals surface area contributed by atoms with Gasteiger partial charge in [0.05, 0.1) is 24.1 Å². The molecule has 0 aliphatic carbocycles. The van der Waals surface area contributed by atoms with Crippen LogP contribution < -0.4 is 10.5 Å². The fourth-order valence-electron chi connectivity index (χ4n) is 5.76. The number of hydrogen-bond donors (Lipinski definition) is 0. The number of rotatable bonds is 4. The van der Waals surface area contributed by atoms with Crippen molar-refractivity contribution in [2.24, 2.45) is 13.0 Å². The predicted octanol–water partition coefficient (Wildman–Crippen LogP) is 4.13. The summed E-state index contributed by atoms with van der Waals surface area (Å²) in [5, 5.41) is 5.56. The van der Waals surface area contributed by atoms with E-state index in [-0.39, 0.29) is 23.4 Å². The van der Waals surface area contributed by atoms with Crippen LogP contribution in [0.1, 0.15) is 36.1 Å². The first kappa shape index (κ1) is 28.9. The number of benzene rings is 1. The normalized spacial score (nSPS) is 21.4. The minimum atomic E-state index is -0.435. The molecule has 3 aromatic rings. The third-order valence-electron chi connectivity index (χ3n) is 7.91. The van der Waals surface area contributed by atoms with Gasteiger partial charge in [0.25, 0.3) is 5.56 Å². The number of halogens is 2. The number of anilines is 1. The Morgan fingerprint density at radius 2 is 1.71 bits per heavy atom. The third-order valence-corrected chi connectivity index (χ3v) is 8.38. The van der Waals surface area contributed by atoms with Crippen LogP contribution in [0.3, 0.4) is 0 Å². The van der Waals surface area contributed by atoms with Gasteiger partial charge in [-0.3, -0.25) is 19.5 Å². The lowest BCUT2D eigenvalue weighted by molar-refractivity contribution is -0.136. The summed E-state index contributed by atoms with van der Waals surface area (Å²) in [5.74, 6) is 0.00840. The highest BCUT2D eigenvalue weighted by atomic mass is 35.5. The Balaban J connectivity index is 1.39.